The number of carbonyl (C=O) groups is 2. The van der Waals surface area contributed by atoms with Crippen LogP contribution in [-0.2, 0) is 14.3 Å². The van der Waals surface area contributed by atoms with Crippen molar-refractivity contribution in [1.29, 1.82) is 0 Å². The highest BCUT2D eigenvalue weighted by atomic mass is 16.5. The van der Waals surface area contributed by atoms with Crippen LogP contribution in [0.3, 0.4) is 0 Å². The van der Waals surface area contributed by atoms with E-state index in [9.17, 15) is 19.8 Å². The van der Waals surface area contributed by atoms with E-state index < -0.39 is 12.1 Å². The van der Waals surface area contributed by atoms with Gasteiger partial charge in [-0.1, -0.05) is 242 Å². The molecule has 0 aromatic heterocycles. The molecule has 0 aliphatic heterocycles. The third-order valence-corrected chi connectivity index (χ3v) is 13.1. The van der Waals surface area contributed by atoms with Gasteiger partial charge in [-0.25, -0.2) is 0 Å². The number of nitrogens with one attached hydrogen (secondary N) is 1. The molecule has 0 rings (SSSR count). The Morgan fingerprint density at radius 2 is 0.758 bits per heavy atom. The van der Waals surface area contributed by atoms with E-state index in [1.165, 1.54) is 218 Å². The predicted octanol–water partition coefficient (Wildman–Crippen LogP) is 17.8. The summed E-state index contributed by atoms with van der Waals surface area (Å²) >= 11 is 0. The summed E-state index contributed by atoms with van der Waals surface area (Å²) in [6.45, 7) is 4.84. The van der Waals surface area contributed by atoms with Gasteiger partial charge in [0.15, 0.2) is 0 Å². The molecule has 0 fully saturated rings. The molecule has 2 unspecified atom stereocenters. The maximum Gasteiger partial charge on any atom is 0.305 e. The van der Waals surface area contributed by atoms with Gasteiger partial charge in [0.1, 0.15) is 0 Å². The van der Waals surface area contributed by atoms with Crippen molar-refractivity contribution >= 4 is 11.9 Å². The van der Waals surface area contributed by atoms with Crippen molar-refractivity contribution < 1.29 is 24.5 Å². The zero-order chi connectivity index (χ0) is 47.9. The number of esters is 1. The fraction of sp³-hybridized carbons (Fsp3) is 0.833. The molecule has 0 spiro atoms. The van der Waals surface area contributed by atoms with Crippen molar-refractivity contribution in [2.45, 2.75) is 309 Å². The van der Waals surface area contributed by atoms with Gasteiger partial charge in [-0.15, -0.1) is 0 Å². The number of amides is 1. The van der Waals surface area contributed by atoms with Crippen LogP contribution in [0.15, 0.2) is 48.6 Å². The van der Waals surface area contributed by atoms with E-state index in [0.29, 0.717) is 19.4 Å². The highest BCUT2D eigenvalue weighted by Gasteiger charge is 2.18. The average Bonchev–Trinajstić information content (AvgIpc) is 3.32. The van der Waals surface area contributed by atoms with E-state index in [-0.39, 0.29) is 18.5 Å². The molecule has 0 saturated carbocycles. The van der Waals surface area contributed by atoms with Crippen LogP contribution in [0.4, 0.5) is 0 Å². The maximum atomic E-state index is 12.4. The van der Waals surface area contributed by atoms with Crippen molar-refractivity contribution in [2.75, 3.05) is 13.2 Å². The highest BCUT2D eigenvalue weighted by molar-refractivity contribution is 5.76. The summed E-state index contributed by atoms with van der Waals surface area (Å²) in [4.78, 5) is 24.4. The van der Waals surface area contributed by atoms with Crippen molar-refractivity contribution in [3.05, 3.63) is 48.6 Å². The first kappa shape index (κ1) is 63.8. The smallest absolute Gasteiger partial charge is 0.305 e. The third kappa shape index (κ3) is 51.2. The summed E-state index contributed by atoms with van der Waals surface area (Å²) in [5, 5.41) is 22.9. The predicted molar refractivity (Wildman–Crippen MR) is 287 cm³/mol. The van der Waals surface area contributed by atoms with E-state index in [1.54, 1.807) is 6.08 Å². The Labute approximate surface area is 410 Å². The summed E-state index contributed by atoms with van der Waals surface area (Å²) < 4.78 is 5.47. The molecule has 0 saturated heterocycles. The molecule has 386 valence electrons. The fourth-order valence-electron chi connectivity index (χ4n) is 8.60. The van der Waals surface area contributed by atoms with Crippen molar-refractivity contribution in [2.24, 2.45) is 0 Å². The first-order chi connectivity index (χ1) is 32.5. The molecule has 6 heteroatoms. The van der Waals surface area contributed by atoms with E-state index >= 15 is 0 Å². The van der Waals surface area contributed by atoms with Gasteiger partial charge in [-0.3, -0.25) is 9.59 Å². The summed E-state index contributed by atoms with van der Waals surface area (Å²) in [6.07, 6.45) is 70.1. The minimum absolute atomic E-state index is 0.00176. The van der Waals surface area contributed by atoms with E-state index in [2.05, 4.69) is 55.6 Å². The molecule has 0 aliphatic rings. The van der Waals surface area contributed by atoms with Crippen LogP contribution in [0.1, 0.15) is 296 Å². The van der Waals surface area contributed by atoms with E-state index in [1.807, 2.05) is 6.08 Å². The Hall–Kier alpha value is -2.18. The molecule has 0 aromatic rings. The second-order valence-electron chi connectivity index (χ2n) is 19.6. The molecule has 1 amide bonds. The number of allylic oxidation sites excluding steroid dienone is 7. The first-order valence-electron chi connectivity index (χ1n) is 28.9. The van der Waals surface area contributed by atoms with Gasteiger partial charge in [0.05, 0.1) is 25.4 Å². The number of aliphatic hydroxyl groups excluding tert-OH is 2. The molecular formula is C60H111NO5. The first-order valence-corrected chi connectivity index (χ1v) is 28.9. The molecule has 2 atom stereocenters. The maximum absolute atomic E-state index is 12.4. The summed E-state index contributed by atoms with van der Waals surface area (Å²) in [6, 6.07) is -0.628. The minimum Gasteiger partial charge on any atom is -0.466 e. The molecule has 0 aromatic carbocycles. The number of rotatable bonds is 53. The van der Waals surface area contributed by atoms with Crippen LogP contribution in [0, 0.1) is 0 Å². The van der Waals surface area contributed by atoms with Crippen LogP contribution in [0.5, 0.6) is 0 Å². The van der Waals surface area contributed by atoms with Crippen molar-refractivity contribution in [1.82, 2.24) is 5.32 Å². The van der Waals surface area contributed by atoms with Gasteiger partial charge in [0, 0.05) is 12.8 Å². The third-order valence-electron chi connectivity index (χ3n) is 13.1. The Morgan fingerprint density at radius 1 is 0.424 bits per heavy atom. The van der Waals surface area contributed by atoms with Gasteiger partial charge in [0.2, 0.25) is 5.91 Å². The molecule has 3 N–H and O–H groups in total. The fourth-order valence-corrected chi connectivity index (χ4v) is 8.60. The largest absolute Gasteiger partial charge is 0.466 e. The van der Waals surface area contributed by atoms with Crippen LogP contribution in [-0.4, -0.2) is 47.4 Å². The standard InChI is InChI=1S/C60H111NO5/c1-3-5-7-9-11-13-14-15-27-31-34-38-42-46-50-54-60(65)66-55-51-47-43-39-35-32-29-26-24-22-20-18-16-17-19-21-23-25-28-30-33-37-41-45-49-53-59(64)61-57(56-62)58(63)52-48-44-40-36-12-10-8-6-4-2/h11,13,15,17,19,27,48,52,57-58,62-63H,3-10,12,14,16,18,20-26,28-47,49-51,53-56H2,1-2H3,(H,61,64)/b13-11-,19-17-,27-15-,52-48+. The van der Waals surface area contributed by atoms with Gasteiger partial charge in [0.25, 0.3) is 0 Å². The monoisotopic (exact) mass is 926 g/mol. The number of hydrogen-bond donors (Lipinski definition) is 3. The second-order valence-corrected chi connectivity index (χ2v) is 19.6. The van der Waals surface area contributed by atoms with Gasteiger partial charge < -0.3 is 20.3 Å². The number of unbranched alkanes of at least 4 members (excludes halogenated alkanes) is 36. The van der Waals surface area contributed by atoms with Gasteiger partial charge >= 0.3 is 5.97 Å². The molecule has 0 heterocycles. The normalized spacial score (nSPS) is 13.0. The highest BCUT2D eigenvalue weighted by Crippen LogP contribution is 2.16. The molecular weight excluding hydrogens is 815 g/mol. The van der Waals surface area contributed by atoms with E-state index in [4.69, 9.17) is 4.74 Å². The van der Waals surface area contributed by atoms with Gasteiger partial charge in [-0.05, 0) is 89.9 Å². The molecule has 66 heavy (non-hydrogen) atoms. The lowest BCUT2D eigenvalue weighted by Crippen LogP contribution is -2.45. The summed E-state index contributed by atoms with van der Waals surface area (Å²) in [5.74, 6) is -0.0762. The number of ether oxygens (including phenoxy) is 1. The molecule has 0 aliphatic carbocycles. The quantitative estimate of drug-likeness (QED) is 0.0321. The number of aliphatic hydroxyl groups is 2. The minimum atomic E-state index is -0.844. The summed E-state index contributed by atoms with van der Waals surface area (Å²) in [7, 11) is 0. The number of carbonyl (C=O) groups excluding carboxylic acids is 2. The zero-order valence-electron chi connectivity index (χ0n) is 43.9. The lowest BCUT2D eigenvalue weighted by atomic mass is 10.0. The zero-order valence-corrected chi connectivity index (χ0v) is 43.9. The Morgan fingerprint density at radius 3 is 1.20 bits per heavy atom. The van der Waals surface area contributed by atoms with Crippen LogP contribution < -0.4 is 5.32 Å². The Balaban J connectivity index is 3.39. The SMILES string of the molecule is CCCCC/C=C\C/C=C\CCCCCCCC(=O)OCCCCCCCCCCCCCC/C=C\CCCCCCCCCCCC(=O)NC(CO)C(O)/C=C/CCCCCCCCC. The van der Waals surface area contributed by atoms with Crippen LogP contribution in [0.2, 0.25) is 0 Å². The average molecular weight is 927 g/mol. The molecule has 0 bridgehead atoms. The number of hydrogen-bond acceptors (Lipinski definition) is 5. The van der Waals surface area contributed by atoms with Crippen molar-refractivity contribution in [3.63, 3.8) is 0 Å². The second kappa shape index (κ2) is 55.4. The lowest BCUT2D eigenvalue weighted by molar-refractivity contribution is -0.143. The Bertz CT molecular complexity index is 1110. The lowest BCUT2D eigenvalue weighted by Gasteiger charge is -2.20. The van der Waals surface area contributed by atoms with E-state index in [0.717, 1.165) is 51.4 Å². The summed E-state index contributed by atoms with van der Waals surface area (Å²) in [5.41, 5.74) is 0. The van der Waals surface area contributed by atoms with Gasteiger partial charge in [-0.2, -0.15) is 0 Å². The van der Waals surface area contributed by atoms with Crippen LogP contribution in [0.25, 0.3) is 0 Å². The Kier molecular flexibility index (Phi) is 53.6. The topological polar surface area (TPSA) is 95.9 Å². The molecule has 0 radical (unpaired) electrons. The molecule has 6 nitrogen and oxygen atoms in total. The van der Waals surface area contributed by atoms with Crippen LogP contribution >= 0.6 is 0 Å². The van der Waals surface area contributed by atoms with Crippen molar-refractivity contribution in [3.8, 4) is 0 Å².